The Morgan fingerprint density at radius 3 is 2.45 bits per heavy atom. The molecule has 0 heterocycles. The number of ether oxygens (including phenoxy) is 1. The maximum Gasteiger partial charge on any atom is 0.270 e. The summed E-state index contributed by atoms with van der Waals surface area (Å²) >= 11 is 5.83. The number of nitrogens with two attached hydrogens (primary N) is 1. The summed E-state index contributed by atoms with van der Waals surface area (Å²) < 4.78 is 5.22. The van der Waals surface area contributed by atoms with Crippen LogP contribution in [0.15, 0.2) is 42.5 Å². The minimum Gasteiger partial charge on any atom is -0.496 e. The van der Waals surface area contributed by atoms with Gasteiger partial charge in [-0.15, -0.1) is 0 Å². The second kappa shape index (κ2) is 5.90. The average molecular weight is 293 g/mol. The standard InChI is InChI=1S/C14H13ClN2O3/c1-20-13-7-6-11(17(18)19)8-12(13)14(16)9-2-4-10(15)5-3-9/h2-8,14H,16H2,1H3. The summed E-state index contributed by atoms with van der Waals surface area (Å²) in [5.41, 5.74) is 7.50. The largest absolute Gasteiger partial charge is 0.496 e. The summed E-state index contributed by atoms with van der Waals surface area (Å²) in [6.07, 6.45) is 0. The Hall–Kier alpha value is -2.11. The molecular formula is C14H13ClN2O3. The van der Waals surface area contributed by atoms with Gasteiger partial charge in [-0.2, -0.15) is 0 Å². The van der Waals surface area contributed by atoms with Crippen molar-refractivity contribution in [2.45, 2.75) is 6.04 Å². The van der Waals surface area contributed by atoms with E-state index in [9.17, 15) is 10.1 Å². The van der Waals surface area contributed by atoms with E-state index in [0.717, 1.165) is 5.56 Å². The van der Waals surface area contributed by atoms with Crippen molar-refractivity contribution in [2.75, 3.05) is 7.11 Å². The quantitative estimate of drug-likeness (QED) is 0.692. The monoisotopic (exact) mass is 292 g/mol. The van der Waals surface area contributed by atoms with E-state index in [2.05, 4.69) is 0 Å². The lowest BCUT2D eigenvalue weighted by Gasteiger charge is -2.16. The number of benzene rings is 2. The number of rotatable bonds is 4. The van der Waals surface area contributed by atoms with Crippen LogP contribution < -0.4 is 10.5 Å². The summed E-state index contributed by atoms with van der Waals surface area (Å²) in [5.74, 6) is 0.512. The van der Waals surface area contributed by atoms with Gasteiger partial charge in [0.2, 0.25) is 0 Å². The summed E-state index contributed by atoms with van der Waals surface area (Å²) in [7, 11) is 1.50. The first-order valence-electron chi connectivity index (χ1n) is 5.86. The molecule has 1 unspecified atom stereocenters. The molecule has 0 aliphatic rings. The summed E-state index contributed by atoms with van der Waals surface area (Å²) in [6.45, 7) is 0. The summed E-state index contributed by atoms with van der Waals surface area (Å²) in [5, 5.41) is 11.5. The Kier molecular flexibility index (Phi) is 4.22. The Morgan fingerprint density at radius 2 is 1.90 bits per heavy atom. The Balaban J connectivity index is 2.46. The molecule has 0 saturated carbocycles. The van der Waals surface area contributed by atoms with Crippen LogP contribution in [-0.4, -0.2) is 12.0 Å². The first-order chi connectivity index (χ1) is 9.52. The molecule has 5 nitrogen and oxygen atoms in total. The molecule has 2 aromatic carbocycles. The van der Waals surface area contributed by atoms with Gasteiger partial charge >= 0.3 is 0 Å². The first kappa shape index (κ1) is 14.3. The summed E-state index contributed by atoms with van der Waals surface area (Å²) in [4.78, 5) is 10.4. The van der Waals surface area contributed by atoms with Crippen molar-refractivity contribution >= 4 is 17.3 Å². The highest BCUT2D eigenvalue weighted by molar-refractivity contribution is 6.30. The van der Waals surface area contributed by atoms with E-state index in [0.29, 0.717) is 16.3 Å². The van der Waals surface area contributed by atoms with E-state index in [1.807, 2.05) is 0 Å². The van der Waals surface area contributed by atoms with Gasteiger partial charge in [-0.05, 0) is 23.8 Å². The molecule has 0 radical (unpaired) electrons. The van der Waals surface area contributed by atoms with Gasteiger partial charge < -0.3 is 10.5 Å². The van der Waals surface area contributed by atoms with Gasteiger partial charge in [0.1, 0.15) is 5.75 Å². The normalized spacial score (nSPS) is 11.9. The van der Waals surface area contributed by atoms with Gasteiger partial charge in [0.15, 0.2) is 0 Å². The predicted octanol–water partition coefficient (Wildman–Crippen LogP) is 3.30. The zero-order valence-corrected chi connectivity index (χ0v) is 11.5. The highest BCUT2D eigenvalue weighted by Crippen LogP contribution is 2.31. The molecule has 2 rings (SSSR count). The van der Waals surface area contributed by atoms with Crippen LogP contribution in [0.2, 0.25) is 5.02 Å². The fourth-order valence-electron chi connectivity index (χ4n) is 1.93. The maximum atomic E-state index is 10.9. The molecule has 0 aromatic heterocycles. The van der Waals surface area contributed by atoms with Gasteiger partial charge in [0.25, 0.3) is 5.69 Å². The van der Waals surface area contributed by atoms with Crippen LogP contribution >= 0.6 is 11.6 Å². The van der Waals surface area contributed by atoms with Crippen molar-refractivity contribution in [3.63, 3.8) is 0 Å². The van der Waals surface area contributed by atoms with Crippen LogP contribution in [0.25, 0.3) is 0 Å². The fourth-order valence-corrected chi connectivity index (χ4v) is 2.05. The molecule has 0 fully saturated rings. The van der Waals surface area contributed by atoms with Crippen LogP contribution in [0.5, 0.6) is 5.75 Å². The molecule has 20 heavy (non-hydrogen) atoms. The topological polar surface area (TPSA) is 78.4 Å². The average Bonchev–Trinajstić information content (AvgIpc) is 2.46. The molecule has 0 bridgehead atoms. The van der Waals surface area contributed by atoms with Crippen molar-refractivity contribution in [1.29, 1.82) is 0 Å². The zero-order chi connectivity index (χ0) is 14.7. The molecule has 6 heteroatoms. The molecule has 1 atom stereocenters. The van der Waals surface area contributed by atoms with Gasteiger partial charge in [0.05, 0.1) is 18.1 Å². The molecule has 2 N–H and O–H groups in total. The molecular weight excluding hydrogens is 280 g/mol. The minimum atomic E-state index is -0.526. The number of hydrogen-bond donors (Lipinski definition) is 1. The van der Waals surface area contributed by atoms with Crippen LogP contribution in [-0.2, 0) is 0 Å². The van der Waals surface area contributed by atoms with Crippen LogP contribution in [0, 0.1) is 10.1 Å². The van der Waals surface area contributed by atoms with Gasteiger partial charge in [-0.1, -0.05) is 23.7 Å². The van der Waals surface area contributed by atoms with Gasteiger partial charge in [-0.25, -0.2) is 0 Å². The lowest BCUT2D eigenvalue weighted by molar-refractivity contribution is -0.384. The SMILES string of the molecule is COc1ccc([N+](=O)[O-])cc1C(N)c1ccc(Cl)cc1. The second-order valence-electron chi connectivity index (χ2n) is 4.21. The lowest BCUT2D eigenvalue weighted by Crippen LogP contribution is -2.13. The lowest BCUT2D eigenvalue weighted by atomic mass is 9.98. The Labute approximate surface area is 121 Å². The van der Waals surface area contributed by atoms with Crippen molar-refractivity contribution in [3.05, 3.63) is 68.7 Å². The van der Waals surface area contributed by atoms with Gasteiger partial charge in [-0.3, -0.25) is 10.1 Å². The number of nitro benzene ring substituents is 1. The molecule has 0 aliphatic carbocycles. The third kappa shape index (κ3) is 2.89. The second-order valence-corrected chi connectivity index (χ2v) is 4.65. The van der Waals surface area contributed by atoms with E-state index < -0.39 is 11.0 Å². The zero-order valence-electron chi connectivity index (χ0n) is 10.7. The number of hydrogen-bond acceptors (Lipinski definition) is 4. The van der Waals surface area contributed by atoms with Gasteiger partial charge in [0, 0.05) is 22.7 Å². The maximum absolute atomic E-state index is 10.9. The minimum absolute atomic E-state index is 0.0230. The number of methoxy groups -OCH3 is 1. The predicted molar refractivity (Wildman–Crippen MR) is 77.1 cm³/mol. The molecule has 0 spiro atoms. The van der Waals surface area contributed by atoms with E-state index in [1.165, 1.54) is 19.2 Å². The molecule has 0 saturated heterocycles. The highest BCUT2D eigenvalue weighted by Gasteiger charge is 2.18. The number of nitrogens with zero attached hydrogens (tertiary/aromatic N) is 1. The fraction of sp³-hybridized carbons (Fsp3) is 0.143. The molecule has 0 aliphatic heterocycles. The molecule has 2 aromatic rings. The van der Waals surface area contributed by atoms with E-state index in [-0.39, 0.29) is 5.69 Å². The van der Waals surface area contributed by atoms with Crippen molar-refractivity contribution < 1.29 is 9.66 Å². The molecule has 104 valence electrons. The Morgan fingerprint density at radius 1 is 1.25 bits per heavy atom. The smallest absolute Gasteiger partial charge is 0.270 e. The van der Waals surface area contributed by atoms with Crippen molar-refractivity contribution in [3.8, 4) is 5.75 Å². The van der Waals surface area contributed by atoms with Crippen molar-refractivity contribution in [2.24, 2.45) is 5.73 Å². The number of non-ortho nitro benzene ring substituents is 1. The van der Waals surface area contributed by atoms with Crippen molar-refractivity contribution in [1.82, 2.24) is 0 Å². The molecule has 0 amide bonds. The third-order valence-corrected chi connectivity index (χ3v) is 3.24. The summed E-state index contributed by atoms with van der Waals surface area (Å²) in [6, 6.07) is 10.8. The van der Waals surface area contributed by atoms with E-state index in [1.54, 1.807) is 30.3 Å². The number of nitro groups is 1. The van der Waals surface area contributed by atoms with Crippen LogP contribution in [0.1, 0.15) is 17.2 Å². The third-order valence-electron chi connectivity index (χ3n) is 2.99. The highest BCUT2D eigenvalue weighted by atomic mass is 35.5. The van der Waals surface area contributed by atoms with Crippen LogP contribution in [0.4, 0.5) is 5.69 Å². The van der Waals surface area contributed by atoms with Crippen LogP contribution in [0.3, 0.4) is 0 Å². The number of halogens is 1. The van der Waals surface area contributed by atoms with E-state index in [4.69, 9.17) is 22.1 Å². The first-order valence-corrected chi connectivity index (χ1v) is 6.24. The van der Waals surface area contributed by atoms with E-state index >= 15 is 0 Å². The Bertz CT molecular complexity index is 629.